The summed E-state index contributed by atoms with van der Waals surface area (Å²) in [6.45, 7) is 5.05. The summed E-state index contributed by atoms with van der Waals surface area (Å²) in [4.78, 5) is 56.6. The number of thioether (sulfide) groups is 1. The van der Waals surface area contributed by atoms with Crippen molar-refractivity contribution >= 4 is 51.7 Å². The van der Waals surface area contributed by atoms with E-state index < -0.39 is 24.0 Å². The van der Waals surface area contributed by atoms with E-state index in [9.17, 15) is 19.2 Å². The quantitative estimate of drug-likeness (QED) is 0.209. The molecule has 47 heavy (non-hydrogen) atoms. The second-order valence-corrected chi connectivity index (χ2v) is 12.7. The van der Waals surface area contributed by atoms with Crippen molar-refractivity contribution < 1.29 is 33.3 Å². The van der Waals surface area contributed by atoms with Crippen LogP contribution in [0.15, 0.2) is 29.1 Å². The molecule has 3 N–H and O–H groups in total. The number of esters is 1. The van der Waals surface area contributed by atoms with E-state index in [0.717, 1.165) is 22.5 Å². The SMILES string of the molecule is CCOC(=O)c1sc(NC(=O)[C@@H](CCSC)Nc2ccc3c(cc2=O)[C@@H](NC(C)=O)CCc2cc(OC)c(OC)c(OC)c2-3)nc1C. The summed E-state index contributed by atoms with van der Waals surface area (Å²) in [5, 5.41) is 9.21. The topological polar surface area (TPSA) is 154 Å². The zero-order chi connectivity index (χ0) is 34.2. The Bertz CT molecular complexity index is 1710. The molecule has 1 heterocycles. The largest absolute Gasteiger partial charge is 0.493 e. The molecule has 252 valence electrons. The summed E-state index contributed by atoms with van der Waals surface area (Å²) in [6.07, 6.45) is 3.42. The first kappa shape index (κ1) is 35.6. The fourth-order valence-corrected chi connectivity index (χ4v) is 6.88. The molecule has 2 atom stereocenters. The Balaban J connectivity index is 1.78. The Labute approximate surface area is 281 Å². The highest BCUT2D eigenvalue weighted by Gasteiger charge is 2.30. The molecule has 3 aromatic rings. The molecule has 0 saturated carbocycles. The van der Waals surface area contributed by atoms with E-state index >= 15 is 0 Å². The lowest BCUT2D eigenvalue weighted by Gasteiger charge is -2.19. The van der Waals surface area contributed by atoms with Crippen LogP contribution in [0.1, 0.15) is 59.2 Å². The van der Waals surface area contributed by atoms with Crippen molar-refractivity contribution in [3.63, 3.8) is 0 Å². The molecule has 1 aromatic heterocycles. The molecule has 0 unspecified atom stereocenters. The molecule has 0 aliphatic heterocycles. The molecule has 4 rings (SSSR count). The fraction of sp³-hybridized carbons (Fsp3) is 0.424. The Kier molecular flexibility index (Phi) is 12.1. The van der Waals surface area contributed by atoms with Crippen LogP contribution in [-0.4, -0.2) is 68.8 Å². The number of hydrogen-bond donors (Lipinski definition) is 3. The van der Waals surface area contributed by atoms with E-state index in [4.69, 9.17) is 18.9 Å². The van der Waals surface area contributed by atoms with Crippen molar-refractivity contribution in [2.45, 2.75) is 52.1 Å². The Morgan fingerprint density at radius 3 is 2.49 bits per heavy atom. The second-order valence-electron chi connectivity index (χ2n) is 10.7. The average Bonchev–Trinajstić information content (AvgIpc) is 3.25. The summed E-state index contributed by atoms with van der Waals surface area (Å²) in [6, 6.07) is 5.56. The number of hydrogen-bond acceptors (Lipinski definition) is 12. The van der Waals surface area contributed by atoms with E-state index in [0.29, 0.717) is 64.0 Å². The normalized spacial score (nSPS) is 14.1. The highest BCUT2D eigenvalue weighted by Crippen LogP contribution is 2.50. The Hall–Kier alpha value is -4.30. The number of nitrogens with one attached hydrogen (secondary N) is 3. The van der Waals surface area contributed by atoms with Gasteiger partial charge in [0.1, 0.15) is 10.9 Å². The highest BCUT2D eigenvalue weighted by atomic mass is 32.2. The van der Waals surface area contributed by atoms with Crippen LogP contribution in [0.4, 0.5) is 10.8 Å². The van der Waals surface area contributed by atoms with E-state index in [2.05, 4.69) is 20.9 Å². The van der Waals surface area contributed by atoms with Crippen LogP contribution in [0.2, 0.25) is 0 Å². The van der Waals surface area contributed by atoms with Crippen molar-refractivity contribution in [2.75, 3.05) is 50.6 Å². The van der Waals surface area contributed by atoms with Gasteiger partial charge in [0.05, 0.1) is 45.4 Å². The minimum absolute atomic E-state index is 0.199. The number of benzene rings is 1. The number of nitrogens with zero attached hydrogens (tertiary/aromatic N) is 1. The summed E-state index contributed by atoms with van der Waals surface area (Å²) in [5.74, 6) is 0.845. The van der Waals surface area contributed by atoms with Crippen molar-refractivity contribution in [1.82, 2.24) is 10.3 Å². The molecule has 1 aliphatic carbocycles. The fourth-order valence-electron chi connectivity index (χ4n) is 5.55. The average molecular weight is 685 g/mol. The summed E-state index contributed by atoms with van der Waals surface area (Å²) >= 11 is 2.60. The number of aryl methyl sites for hydroxylation is 2. The molecule has 1 aliphatic rings. The summed E-state index contributed by atoms with van der Waals surface area (Å²) in [7, 11) is 4.61. The van der Waals surface area contributed by atoms with E-state index in [1.807, 2.05) is 12.3 Å². The van der Waals surface area contributed by atoms with Gasteiger partial charge in [-0.05, 0) is 80.0 Å². The molecule has 2 aromatic carbocycles. The third-order valence-corrected chi connectivity index (χ3v) is 9.36. The number of amides is 2. The van der Waals surface area contributed by atoms with Crippen LogP contribution in [-0.2, 0) is 20.7 Å². The first-order chi connectivity index (χ1) is 22.6. The van der Waals surface area contributed by atoms with Crippen LogP contribution in [0.3, 0.4) is 0 Å². The molecule has 0 fully saturated rings. The van der Waals surface area contributed by atoms with Crippen molar-refractivity contribution in [3.05, 3.63) is 56.2 Å². The van der Waals surface area contributed by atoms with Crippen molar-refractivity contribution in [3.8, 4) is 28.4 Å². The monoisotopic (exact) mass is 684 g/mol. The predicted molar refractivity (Wildman–Crippen MR) is 185 cm³/mol. The minimum Gasteiger partial charge on any atom is -0.493 e. The molecule has 0 radical (unpaired) electrons. The number of aromatic nitrogens is 1. The molecule has 12 nitrogen and oxygen atoms in total. The molecular weight excluding hydrogens is 645 g/mol. The lowest BCUT2D eigenvalue weighted by atomic mass is 9.95. The molecule has 2 amide bonds. The second kappa shape index (κ2) is 16.0. The minimum atomic E-state index is -0.801. The van der Waals surface area contributed by atoms with Crippen LogP contribution in [0, 0.1) is 6.92 Å². The molecule has 0 bridgehead atoms. The van der Waals surface area contributed by atoms with Gasteiger partial charge in [0.25, 0.3) is 0 Å². The van der Waals surface area contributed by atoms with Gasteiger partial charge in [0.2, 0.25) is 23.0 Å². The number of rotatable bonds is 13. The Morgan fingerprint density at radius 2 is 1.85 bits per heavy atom. The van der Waals surface area contributed by atoms with Crippen LogP contribution < -0.4 is 35.6 Å². The van der Waals surface area contributed by atoms with Gasteiger partial charge in [-0.1, -0.05) is 17.4 Å². The molecule has 0 spiro atoms. The first-order valence-corrected chi connectivity index (χ1v) is 17.3. The third-order valence-electron chi connectivity index (χ3n) is 7.66. The number of anilines is 2. The van der Waals surface area contributed by atoms with E-state index in [-0.39, 0.29) is 28.8 Å². The summed E-state index contributed by atoms with van der Waals surface area (Å²) < 4.78 is 22.2. The molecule has 0 saturated heterocycles. The highest BCUT2D eigenvalue weighted by molar-refractivity contribution is 7.98. The Morgan fingerprint density at radius 1 is 1.11 bits per heavy atom. The van der Waals surface area contributed by atoms with Gasteiger partial charge in [-0.25, -0.2) is 9.78 Å². The van der Waals surface area contributed by atoms with Gasteiger partial charge in [0, 0.05) is 12.5 Å². The number of carbonyl (C=O) groups excluding carboxylic acids is 3. The standard InChI is InChI=1S/C33H40N4O8S2/c1-8-45-32(41)30-17(2)34-33(47-30)37-31(40)24(13-14-46-7)36-23-12-10-20-21(16-25(23)39)22(35-18(3)38)11-9-19-15-26(42-4)28(43-5)29(44-6)27(19)20/h10,12,15-16,22,24H,8-9,11,13-14H2,1-7H3,(H,35,38)(H,36,39)(H,34,37,40)/t22-,24+/m0/s1. The van der Waals surface area contributed by atoms with Crippen LogP contribution >= 0.6 is 23.1 Å². The van der Waals surface area contributed by atoms with Gasteiger partial charge in [0.15, 0.2) is 16.6 Å². The smallest absolute Gasteiger partial charge is 0.350 e. The van der Waals surface area contributed by atoms with Crippen molar-refractivity contribution in [2.24, 2.45) is 0 Å². The van der Waals surface area contributed by atoms with Gasteiger partial charge >= 0.3 is 5.97 Å². The lowest BCUT2D eigenvalue weighted by Crippen LogP contribution is -2.36. The number of ether oxygens (including phenoxy) is 4. The zero-order valence-electron chi connectivity index (χ0n) is 27.5. The van der Waals surface area contributed by atoms with E-state index in [1.165, 1.54) is 27.2 Å². The van der Waals surface area contributed by atoms with Gasteiger partial charge < -0.3 is 34.9 Å². The van der Waals surface area contributed by atoms with Crippen molar-refractivity contribution in [1.29, 1.82) is 0 Å². The van der Waals surface area contributed by atoms with Crippen LogP contribution in [0.5, 0.6) is 17.2 Å². The van der Waals surface area contributed by atoms with Gasteiger partial charge in [-0.3, -0.25) is 14.4 Å². The van der Waals surface area contributed by atoms with E-state index in [1.54, 1.807) is 44.9 Å². The lowest BCUT2D eigenvalue weighted by molar-refractivity contribution is -0.120. The third kappa shape index (κ3) is 7.99. The maximum Gasteiger partial charge on any atom is 0.350 e. The number of thiazole rings is 1. The number of carbonyl (C=O) groups is 3. The number of fused-ring (bicyclic) bond motifs is 3. The molecule has 14 heteroatoms. The maximum atomic E-state index is 13.8. The summed E-state index contributed by atoms with van der Waals surface area (Å²) in [5.41, 5.74) is 3.20. The van der Waals surface area contributed by atoms with Crippen LogP contribution in [0.25, 0.3) is 11.1 Å². The maximum absolute atomic E-state index is 13.8. The predicted octanol–water partition coefficient (Wildman–Crippen LogP) is 4.98. The molecular formula is C33H40N4O8S2. The first-order valence-electron chi connectivity index (χ1n) is 15.0. The number of methoxy groups -OCH3 is 3. The zero-order valence-corrected chi connectivity index (χ0v) is 29.2. The van der Waals surface area contributed by atoms with Gasteiger partial charge in [-0.2, -0.15) is 11.8 Å². The van der Waals surface area contributed by atoms with Gasteiger partial charge in [-0.15, -0.1) is 0 Å².